The molecule has 1 aromatic heterocycles. The van der Waals surface area contributed by atoms with Crippen molar-refractivity contribution in [3.05, 3.63) is 52.7 Å². The van der Waals surface area contributed by atoms with Crippen molar-refractivity contribution in [1.29, 1.82) is 0 Å². The number of hydrogen-bond acceptors (Lipinski definition) is 3. The fourth-order valence-electron chi connectivity index (χ4n) is 2.23. The molecular formula is C15H18N2OS. The summed E-state index contributed by atoms with van der Waals surface area (Å²) in [5.74, 6) is 0.458. The summed E-state index contributed by atoms with van der Waals surface area (Å²) >= 11 is 0. The summed E-state index contributed by atoms with van der Waals surface area (Å²) in [6.45, 7) is 6.17. The highest BCUT2D eigenvalue weighted by molar-refractivity contribution is 7.84. The van der Waals surface area contributed by atoms with Crippen LogP contribution in [0.4, 0.5) is 5.69 Å². The van der Waals surface area contributed by atoms with Gasteiger partial charge in [-0.25, -0.2) is 4.98 Å². The molecule has 0 radical (unpaired) electrons. The third kappa shape index (κ3) is 3.01. The SMILES string of the molecule is Cc1cc(C)c(CS(=O)c2ncccc2N)c(C)c1. The second kappa shape index (κ2) is 5.53. The number of aromatic nitrogens is 1. The Kier molecular flexibility index (Phi) is 4.00. The second-order valence-corrected chi connectivity index (χ2v) is 6.13. The van der Waals surface area contributed by atoms with E-state index in [-0.39, 0.29) is 0 Å². The van der Waals surface area contributed by atoms with E-state index in [1.165, 1.54) is 16.7 Å². The van der Waals surface area contributed by atoms with E-state index >= 15 is 0 Å². The van der Waals surface area contributed by atoms with E-state index in [0.717, 1.165) is 5.56 Å². The van der Waals surface area contributed by atoms with E-state index in [0.29, 0.717) is 16.5 Å². The number of pyridine rings is 1. The highest BCUT2D eigenvalue weighted by Crippen LogP contribution is 2.22. The monoisotopic (exact) mass is 274 g/mol. The van der Waals surface area contributed by atoms with Crippen LogP contribution in [0.1, 0.15) is 22.3 Å². The van der Waals surface area contributed by atoms with Crippen LogP contribution in [0.25, 0.3) is 0 Å². The molecule has 3 nitrogen and oxygen atoms in total. The standard InChI is InChI=1S/C15H18N2OS/c1-10-7-11(2)13(12(3)8-10)9-19(18)15-14(16)5-4-6-17-15/h4-8H,9,16H2,1-3H3. The minimum Gasteiger partial charge on any atom is -0.396 e. The molecule has 0 aliphatic carbocycles. The van der Waals surface area contributed by atoms with Crippen LogP contribution in [-0.4, -0.2) is 9.19 Å². The van der Waals surface area contributed by atoms with Gasteiger partial charge in [-0.05, 0) is 49.6 Å². The van der Waals surface area contributed by atoms with Gasteiger partial charge >= 0.3 is 0 Å². The van der Waals surface area contributed by atoms with Gasteiger partial charge in [0.05, 0.1) is 22.2 Å². The van der Waals surface area contributed by atoms with Crippen LogP contribution in [0.5, 0.6) is 0 Å². The predicted molar refractivity (Wildman–Crippen MR) is 79.4 cm³/mol. The number of rotatable bonds is 3. The molecule has 2 N–H and O–H groups in total. The van der Waals surface area contributed by atoms with Crippen LogP contribution in [-0.2, 0) is 16.6 Å². The number of nitrogens with zero attached hydrogens (tertiary/aromatic N) is 1. The van der Waals surface area contributed by atoms with E-state index in [1.807, 2.05) is 13.8 Å². The van der Waals surface area contributed by atoms with Crippen molar-refractivity contribution in [3.8, 4) is 0 Å². The molecule has 0 bridgehead atoms. The quantitative estimate of drug-likeness (QED) is 0.936. The lowest BCUT2D eigenvalue weighted by Crippen LogP contribution is -2.05. The molecule has 1 aromatic carbocycles. The van der Waals surface area contributed by atoms with Crippen molar-refractivity contribution in [2.45, 2.75) is 31.6 Å². The molecular weight excluding hydrogens is 256 g/mol. The average molecular weight is 274 g/mol. The zero-order valence-electron chi connectivity index (χ0n) is 11.4. The molecule has 100 valence electrons. The molecule has 0 saturated carbocycles. The number of aryl methyl sites for hydroxylation is 3. The number of nitrogens with two attached hydrogens (primary N) is 1. The summed E-state index contributed by atoms with van der Waals surface area (Å²) < 4.78 is 12.4. The van der Waals surface area contributed by atoms with Crippen molar-refractivity contribution >= 4 is 16.5 Å². The maximum absolute atomic E-state index is 12.4. The lowest BCUT2D eigenvalue weighted by molar-refractivity contribution is 0.680. The Morgan fingerprint density at radius 1 is 1.21 bits per heavy atom. The predicted octanol–water partition coefficient (Wildman–Crippen LogP) is 2.90. The normalized spacial score (nSPS) is 12.4. The topological polar surface area (TPSA) is 56.0 Å². The van der Waals surface area contributed by atoms with Crippen LogP contribution in [0.3, 0.4) is 0 Å². The minimum atomic E-state index is -1.21. The third-order valence-corrected chi connectivity index (χ3v) is 4.46. The van der Waals surface area contributed by atoms with E-state index in [9.17, 15) is 4.21 Å². The number of nitrogen functional groups attached to an aromatic ring is 1. The van der Waals surface area contributed by atoms with Gasteiger partial charge in [0.15, 0.2) is 0 Å². The number of benzene rings is 1. The fraction of sp³-hybridized carbons (Fsp3) is 0.267. The fourth-order valence-corrected chi connectivity index (χ4v) is 3.59. The molecule has 0 fully saturated rings. The summed E-state index contributed by atoms with van der Waals surface area (Å²) in [6, 6.07) is 7.70. The Bertz CT molecular complexity index is 615. The Labute approximate surface area is 116 Å². The highest BCUT2D eigenvalue weighted by Gasteiger charge is 2.13. The van der Waals surface area contributed by atoms with Crippen LogP contribution in [0.15, 0.2) is 35.5 Å². The molecule has 1 atom stereocenters. The largest absolute Gasteiger partial charge is 0.396 e. The van der Waals surface area contributed by atoms with E-state index in [1.54, 1.807) is 18.3 Å². The van der Waals surface area contributed by atoms with E-state index < -0.39 is 10.8 Å². The first-order chi connectivity index (χ1) is 8.99. The summed E-state index contributed by atoms with van der Waals surface area (Å²) in [7, 11) is -1.21. The molecule has 0 aliphatic rings. The Balaban J connectivity index is 2.32. The summed E-state index contributed by atoms with van der Waals surface area (Å²) in [5, 5.41) is 0.474. The zero-order chi connectivity index (χ0) is 14.0. The van der Waals surface area contributed by atoms with Crippen molar-refractivity contribution in [3.63, 3.8) is 0 Å². The summed E-state index contributed by atoms with van der Waals surface area (Å²) in [4.78, 5) is 4.13. The van der Waals surface area contributed by atoms with Gasteiger partial charge < -0.3 is 5.73 Å². The van der Waals surface area contributed by atoms with Gasteiger partial charge in [0.2, 0.25) is 0 Å². The molecule has 4 heteroatoms. The Morgan fingerprint density at radius 3 is 2.42 bits per heavy atom. The zero-order valence-corrected chi connectivity index (χ0v) is 12.3. The van der Waals surface area contributed by atoms with Crippen molar-refractivity contribution in [2.75, 3.05) is 5.73 Å². The van der Waals surface area contributed by atoms with Gasteiger partial charge in [0.25, 0.3) is 0 Å². The number of anilines is 1. The van der Waals surface area contributed by atoms with Crippen LogP contribution >= 0.6 is 0 Å². The van der Waals surface area contributed by atoms with Gasteiger partial charge in [-0.15, -0.1) is 0 Å². The first-order valence-electron chi connectivity index (χ1n) is 6.14. The molecule has 0 saturated heterocycles. The molecule has 0 amide bonds. The van der Waals surface area contributed by atoms with Gasteiger partial charge in [-0.2, -0.15) is 0 Å². The molecule has 1 unspecified atom stereocenters. The molecule has 2 rings (SSSR count). The van der Waals surface area contributed by atoms with Crippen molar-refractivity contribution < 1.29 is 4.21 Å². The maximum atomic E-state index is 12.4. The Morgan fingerprint density at radius 2 is 1.84 bits per heavy atom. The first kappa shape index (κ1) is 13.7. The minimum absolute atomic E-state index is 0.458. The molecule has 1 heterocycles. The first-order valence-corrected chi connectivity index (χ1v) is 7.46. The van der Waals surface area contributed by atoms with Gasteiger partial charge in [-0.1, -0.05) is 17.7 Å². The average Bonchev–Trinajstić information content (AvgIpc) is 2.34. The van der Waals surface area contributed by atoms with Crippen molar-refractivity contribution in [1.82, 2.24) is 4.98 Å². The number of hydrogen-bond donors (Lipinski definition) is 1. The molecule has 0 spiro atoms. The van der Waals surface area contributed by atoms with Crippen LogP contribution in [0, 0.1) is 20.8 Å². The Hall–Kier alpha value is -1.68. The highest BCUT2D eigenvalue weighted by atomic mass is 32.2. The van der Waals surface area contributed by atoms with Gasteiger partial charge in [0, 0.05) is 6.20 Å². The van der Waals surface area contributed by atoms with Gasteiger partial charge in [0.1, 0.15) is 5.03 Å². The van der Waals surface area contributed by atoms with Crippen molar-refractivity contribution in [2.24, 2.45) is 0 Å². The third-order valence-electron chi connectivity index (χ3n) is 3.13. The summed E-state index contributed by atoms with van der Waals surface area (Å²) in [6.07, 6.45) is 1.62. The molecule has 19 heavy (non-hydrogen) atoms. The second-order valence-electron chi connectivity index (χ2n) is 4.76. The van der Waals surface area contributed by atoms with E-state index in [2.05, 4.69) is 24.0 Å². The summed E-state index contributed by atoms with van der Waals surface area (Å²) in [5.41, 5.74) is 11.0. The lowest BCUT2D eigenvalue weighted by Gasteiger charge is -2.11. The maximum Gasteiger partial charge on any atom is 0.150 e. The molecule has 2 aromatic rings. The molecule has 0 aliphatic heterocycles. The van der Waals surface area contributed by atoms with E-state index in [4.69, 9.17) is 5.73 Å². The van der Waals surface area contributed by atoms with Crippen LogP contribution in [0.2, 0.25) is 0 Å². The smallest absolute Gasteiger partial charge is 0.150 e. The van der Waals surface area contributed by atoms with Gasteiger partial charge in [-0.3, -0.25) is 4.21 Å². The lowest BCUT2D eigenvalue weighted by atomic mass is 10.0. The van der Waals surface area contributed by atoms with Crippen LogP contribution < -0.4 is 5.73 Å².